The molecular weight excluding hydrogens is 450 g/mol. The first-order valence-electron chi connectivity index (χ1n) is 11.8. The molecule has 36 heavy (non-hydrogen) atoms. The summed E-state index contributed by atoms with van der Waals surface area (Å²) in [5, 5.41) is 5.38. The first-order chi connectivity index (χ1) is 17.4. The second-order valence-electron chi connectivity index (χ2n) is 8.98. The smallest absolute Gasteiger partial charge is 0.250 e. The van der Waals surface area contributed by atoms with E-state index in [9.17, 15) is 4.79 Å². The largest absolute Gasteiger partial charge is 0.404 e. The van der Waals surface area contributed by atoms with Gasteiger partial charge in [-0.2, -0.15) is 5.10 Å². The highest BCUT2D eigenvalue weighted by Crippen LogP contribution is 2.43. The van der Waals surface area contributed by atoms with E-state index in [1.807, 2.05) is 32.6 Å². The van der Waals surface area contributed by atoms with Crippen molar-refractivity contribution < 1.29 is 4.79 Å². The zero-order valence-electron chi connectivity index (χ0n) is 21.0. The van der Waals surface area contributed by atoms with Gasteiger partial charge in [0.25, 0.3) is 0 Å². The van der Waals surface area contributed by atoms with Crippen LogP contribution in [0.3, 0.4) is 0 Å². The summed E-state index contributed by atoms with van der Waals surface area (Å²) in [6.07, 6.45) is 9.43. The fourth-order valence-corrected chi connectivity index (χ4v) is 5.04. The standard InChI is InChI=1S/C28H29N7O/c1-6-24(36)35-10-9-18-7-8-19(11-23(18)35)26-25-16(2)22(21(12-29)17(3)30-4)14-31-28(25)33-27(26)20-13-32-34(5)15-20/h6-8,11-15H,1,9-10,29H2,2-5H3,(H,31,33)/b21-12+,30-17?. The molecule has 8 heteroatoms. The number of nitrogens with one attached hydrogen (secondary N) is 1. The number of fused-ring (bicyclic) bond motifs is 2. The van der Waals surface area contributed by atoms with Crippen molar-refractivity contribution in [3.63, 3.8) is 0 Å². The van der Waals surface area contributed by atoms with Crippen molar-refractivity contribution in [1.29, 1.82) is 0 Å². The first-order valence-corrected chi connectivity index (χ1v) is 11.8. The number of aromatic nitrogens is 4. The van der Waals surface area contributed by atoms with Gasteiger partial charge >= 0.3 is 0 Å². The number of amides is 1. The van der Waals surface area contributed by atoms with Gasteiger partial charge in [0, 0.05) is 78.3 Å². The third-order valence-corrected chi connectivity index (χ3v) is 6.97. The molecule has 0 fully saturated rings. The Morgan fingerprint density at radius 2 is 2.08 bits per heavy atom. The van der Waals surface area contributed by atoms with Crippen molar-refractivity contribution in [2.24, 2.45) is 17.8 Å². The number of hydrogen-bond donors (Lipinski definition) is 2. The maximum absolute atomic E-state index is 12.5. The van der Waals surface area contributed by atoms with Gasteiger partial charge in [-0.15, -0.1) is 0 Å². The average Bonchev–Trinajstić information content (AvgIpc) is 3.61. The molecule has 8 nitrogen and oxygen atoms in total. The van der Waals surface area contributed by atoms with Crippen LogP contribution in [-0.4, -0.2) is 45.0 Å². The zero-order chi connectivity index (χ0) is 25.6. The van der Waals surface area contributed by atoms with Gasteiger partial charge in [-0.1, -0.05) is 18.7 Å². The number of anilines is 1. The van der Waals surface area contributed by atoms with E-state index in [0.29, 0.717) is 6.54 Å². The second-order valence-corrected chi connectivity index (χ2v) is 8.98. The van der Waals surface area contributed by atoms with E-state index >= 15 is 0 Å². The molecule has 5 rings (SSSR count). The second kappa shape index (κ2) is 8.96. The summed E-state index contributed by atoms with van der Waals surface area (Å²) in [5.41, 5.74) is 16.4. The Balaban J connectivity index is 1.81. The molecule has 1 aliphatic heterocycles. The highest BCUT2D eigenvalue weighted by molar-refractivity contribution is 6.23. The summed E-state index contributed by atoms with van der Waals surface area (Å²) in [6.45, 7) is 8.34. The Labute approximate surface area is 209 Å². The highest BCUT2D eigenvalue weighted by atomic mass is 16.2. The fourth-order valence-electron chi connectivity index (χ4n) is 5.04. The molecule has 0 saturated carbocycles. The topological polar surface area (TPSA) is 105 Å². The molecule has 0 aliphatic carbocycles. The van der Waals surface area contributed by atoms with Crippen LogP contribution in [-0.2, 0) is 18.3 Å². The molecule has 1 aliphatic rings. The molecule has 3 N–H and O–H groups in total. The molecule has 4 aromatic rings. The van der Waals surface area contributed by atoms with E-state index in [4.69, 9.17) is 10.7 Å². The predicted octanol–water partition coefficient (Wildman–Crippen LogP) is 4.40. The van der Waals surface area contributed by atoms with Crippen LogP contribution >= 0.6 is 0 Å². The van der Waals surface area contributed by atoms with Crippen molar-refractivity contribution in [1.82, 2.24) is 19.7 Å². The van der Waals surface area contributed by atoms with Gasteiger partial charge in [-0.3, -0.25) is 14.5 Å². The normalized spacial score (nSPS) is 13.9. The number of aliphatic imine (C=N–C) groups is 1. The van der Waals surface area contributed by atoms with Crippen molar-refractivity contribution >= 4 is 33.9 Å². The van der Waals surface area contributed by atoms with E-state index in [1.54, 1.807) is 22.8 Å². The lowest BCUT2D eigenvalue weighted by molar-refractivity contribution is -0.114. The molecule has 3 aromatic heterocycles. The number of H-pyrrole nitrogens is 1. The monoisotopic (exact) mass is 479 g/mol. The summed E-state index contributed by atoms with van der Waals surface area (Å²) < 4.78 is 1.78. The molecule has 4 heterocycles. The zero-order valence-corrected chi connectivity index (χ0v) is 21.0. The predicted molar refractivity (Wildman–Crippen MR) is 146 cm³/mol. The van der Waals surface area contributed by atoms with Crippen molar-refractivity contribution in [2.45, 2.75) is 20.3 Å². The fraction of sp³-hybridized carbons (Fsp3) is 0.214. The van der Waals surface area contributed by atoms with Crippen LogP contribution in [0.4, 0.5) is 5.69 Å². The number of hydrogen-bond acceptors (Lipinski definition) is 5. The molecule has 0 radical (unpaired) electrons. The summed E-state index contributed by atoms with van der Waals surface area (Å²) in [4.78, 5) is 27.0. The van der Waals surface area contributed by atoms with Gasteiger partial charge in [-0.05, 0) is 49.1 Å². The van der Waals surface area contributed by atoms with E-state index in [0.717, 1.165) is 73.5 Å². The lowest BCUT2D eigenvalue weighted by atomic mass is 9.92. The number of pyridine rings is 1. The third kappa shape index (κ3) is 3.62. The van der Waals surface area contributed by atoms with E-state index in [1.165, 1.54) is 6.08 Å². The van der Waals surface area contributed by atoms with Crippen molar-refractivity contribution in [2.75, 3.05) is 18.5 Å². The Morgan fingerprint density at radius 3 is 2.75 bits per heavy atom. The number of aryl methyl sites for hydroxylation is 2. The number of allylic oxidation sites excluding steroid dienone is 1. The van der Waals surface area contributed by atoms with Crippen LogP contribution in [0.5, 0.6) is 0 Å². The number of rotatable bonds is 5. The van der Waals surface area contributed by atoms with E-state index in [-0.39, 0.29) is 5.91 Å². The van der Waals surface area contributed by atoms with Crippen molar-refractivity contribution in [3.8, 4) is 22.4 Å². The number of carbonyl (C=O) groups is 1. The minimum Gasteiger partial charge on any atom is -0.404 e. The third-order valence-electron chi connectivity index (χ3n) is 6.97. The van der Waals surface area contributed by atoms with Gasteiger partial charge in [0.05, 0.1) is 11.9 Å². The maximum Gasteiger partial charge on any atom is 0.250 e. The molecule has 0 spiro atoms. The van der Waals surface area contributed by atoms with Crippen LogP contribution in [0.25, 0.3) is 39.0 Å². The van der Waals surface area contributed by atoms with Crippen molar-refractivity contribution in [3.05, 3.63) is 72.3 Å². The minimum atomic E-state index is -0.0931. The molecule has 1 aromatic carbocycles. The molecule has 182 valence electrons. The lowest BCUT2D eigenvalue weighted by Crippen LogP contribution is -2.26. The molecule has 1 amide bonds. The van der Waals surface area contributed by atoms with Gasteiger partial charge in [0.15, 0.2) is 0 Å². The molecular formula is C28H29N7O. The molecule has 0 saturated heterocycles. The van der Waals surface area contributed by atoms with Gasteiger partial charge in [-0.25, -0.2) is 4.98 Å². The summed E-state index contributed by atoms with van der Waals surface area (Å²) >= 11 is 0. The van der Waals surface area contributed by atoms with Gasteiger partial charge in [0.1, 0.15) is 5.65 Å². The summed E-state index contributed by atoms with van der Waals surface area (Å²) in [7, 11) is 3.65. The van der Waals surface area contributed by atoms with Crippen LogP contribution in [0.2, 0.25) is 0 Å². The number of nitrogens with two attached hydrogens (primary N) is 1. The number of aromatic amines is 1. The highest BCUT2D eigenvalue weighted by Gasteiger charge is 2.26. The van der Waals surface area contributed by atoms with Crippen LogP contribution in [0, 0.1) is 6.92 Å². The number of benzene rings is 1. The lowest BCUT2D eigenvalue weighted by Gasteiger charge is -2.17. The van der Waals surface area contributed by atoms with Gasteiger partial charge < -0.3 is 15.6 Å². The first kappa shape index (κ1) is 23.3. The summed E-state index contributed by atoms with van der Waals surface area (Å²) in [5.74, 6) is -0.0931. The molecule has 0 unspecified atom stereocenters. The van der Waals surface area contributed by atoms with Crippen LogP contribution < -0.4 is 10.6 Å². The minimum absolute atomic E-state index is 0.0931. The van der Waals surface area contributed by atoms with E-state index in [2.05, 4.69) is 46.8 Å². The maximum atomic E-state index is 12.5. The summed E-state index contributed by atoms with van der Waals surface area (Å²) in [6, 6.07) is 6.32. The Hall–Kier alpha value is -4.46. The van der Waals surface area contributed by atoms with Crippen LogP contribution in [0.1, 0.15) is 23.6 Å². The van der Waals surface area contributed by atoms with E-state index < -0.39 is 0 Å². The van der Waals surface area contributed by atoms with Gasteiger partial charge in [0.2, 0.25) is 5.91 Å². The van der Waals surface area contributed by atoms with Crippen LogP contribution in [0.15, 0.2) is 60.6 Å². The number of carbonyl (C=O) groups excluding carboxylic acids is 1. The molecule has 0 bridgehead atoms. The Morgan fingerprint density at radius 1 is 1.28 bits per heavy atom. The Kier molecular flexibility index (Phi) is 5.80. The Bertz CT molecular complexity index is 1580. The molecule has 0 atom stereocenters. The average molecular weight is 480 g/mol. The SMILES string of the molecule is C=CC(=O)N1CCc2ccc(-c3c(-c4cnn(C)c4)[nH]c4ncc(/C(=C/N)C(C)=NC)c(C)c34)cc21. The number of nitrogens with zero attached hydrogens (tertiary/aromatic N) is 5. The quantitative estimate of drug-likeness (QED) is 0.327.